The van der Waals surface area contributed by atoms with Crippen LogP contribution in [0.15, 0.2) is 12.1 Å². The highest BCUT2D eigenvalue weighted by atomic mass is 15.3. The highest BCUT2D eigenvalue weighted by Gasteiger charge is 2.15. The van der Waals surface area contributed by atoms with Gasteiger partial charge in [0.2, 0.25) is 0 Å². The Morgan fingerprint density at radius 3 is 2.30 bits per heavy atom. The second-order valence-electron chi connectivity index (χ2n) is 5.82. The predicted octanol–water partition coefficient (Wildman–Crippen LogP) is 1.75. The Hall–Kier alpha value is -1.20. The van der Waals surface area contributed by atoms with Crippen molar-refractivity contribution in [3.63, 3.8) is 0 Å². The van der Waals surface area contributed by atoms with Gasteiger partial charge in [0.15, 0.2) is 5.82 Å². The number of hydrogen-bond acceptors (Lipinski definition) is 5. The zero-order valence-corrected chi connectivity index (χ0v) is 13.7. The molecule has 0 saturated carbocycles. The zero-order valence-electron chi connectivity index (χ0n) is 13.7. The molecular formula is C15H29N5. The maximum absolute atomic E-state index is 4.37. The lowest BCUT2D eigenvalue weighted by molar-refractivity contribution is 0.372. The molecule has 5 nitrogen and oxygen atoms in total. The van der Waals surface area contributed by atoms with E-state index in [0.29, 0.717) is 12.1 Å². The highest BCUT2D eigenvalue weighted by molar-refractivity contribution is 5.38. The molecule has 0 aromatic carbocycles. The van der Waals surface area contributed by atoms with Crippen LogP contribution in [0.5, 0.6) is 0 Å². The first-order chi connectivity index (χ1) is 9.43. The summed E-state index contributed by atoms with van der Waals surface area (Å²) in [5.41, 5.74) is 0.985. The molecule has 1 unspecified atom stereocenters. The Morgan fingerprint density at radius 2 is 1.85 bits per heavy atom. The standard InChI is InChI=1S/C15H29N5/c1-7-20(13(4)11-19(5)6)15-9-8-14(17-18-15)10-16-12(2)3/h8-9,12-13,16H,7,10-11H2,1-6H3. The summed E-state index contributed by atoms with van der Waals surface area (Å²) in [4.78, 5) is 4.48. The van der Waals surface area contributed by atoms with E-state index in [0.717, 1.165) is 31.1 Å². The molecule has 20 heavy (non-hydrogen) atoms. The van der Waals surface area contributed by atoms with Gasteiger partial charge in [-0.25, -0.2) is 0 Å². The van der Waals surface area contributed by atoms with E-state index in [1.165, 1.54) is 0 Å². The summed E-state index contributed by atoms with van der Waals surface area (Å²) in [5, 5.41) is 12.0. The van der Waals surface area contributed by atoms with E-state index in [-0.39, 0.29) is 0 Å². The van der Waals surface area contributed by atoms with E-state index >= 15 is 0 Å². The van der Waals surface area contributed by atoms with Gasteiger partial charge in [0.25, 0.3) is 0 Å². The third-order valence-electron chi connectivity index (χ3n) is 3.19. The lowest BCUT2D eigenvalue weighted by Gasteiger charge is -2.30. The quantitative estimate of drug-likeness (QED) is 0.785. The van der Waals surface area contributed by atoms with Gasteiger partial charge in [0.05, 0.1) is 5.69 Å². The van der Waals surface area contributed by atoms with E-state index in [1.54, 1.807) is 0 Å². The molecule has 0 amide bonds. The average Bonchev–Trinajstić information content (AvgIpc) is 2.37. The van der Waals surface area contributed by atoms with Crippen molar-refractivity contribution in [1.29, 1.82) is 0 Å². The summed E-state index contributed by atoms with van der Waals surface area (Å²) >= 11 is 0. The molecule has 1 aromatic rings. The van der Waals surface area contributed by atoms with Crippen molar-refractivity contribution in [3.8, 4) is 0 Å². The van der Waals surface area contributed by atoms with Crippen molar-refractivity contribution in [3.05, 3.63) is 17.8 Å². The van der Waals surface area contributed by atoms with Gasteiger partial charge >= 0.3 is 0 Å². The van der Waals surface area contributed by atoms with Gasteiger partial charge < -0.3 is 15.1 Å². The number of likely N-dealkylation sites (N-methyl/N-ethyl adjacent to an activating group) is 2. The SMILES string of the molecule is CCN(c1ccc(CNC(C)C)nn1)C(C)CN(C)C. The fourth-order valence-corrected chi connectivity index (χ4v) is 2.24. The van der Waals surface area contributed by atoms with Crippen molar-refractivity contribution < 1.29 is 0 Å². The number of anilines is 1. The molecule has 0 bridgehead atoms. The summed E-state index contributed by atoms with van der Waals surface area (Å²) in [6.07, 6.45) is 0. The maximum atomic E-state index is 4.37. The molecule has 1 rings (SSSR count). The van der Waals surface area contributed by atoms with Crippen LogP contribution >= 0.6 is 0 Å². The molecule has 0 aliphatic rings. The van der Waals surface area contributed by atoms with E-state index in [2.05, 4.69) is 79.2 Å². The summed E-state index contributed by atoms with van der Waals surface area (Å²) in [7, 11) is 4.19. The summed E-state index contributed by atoms with van der Waals surface area (Å²) in [6.45, 7) is 11.3. The highest BCUT2D eigenvalue weighted by Crippen LogP contribution is 2.13. The van der Waals surface area contributed by atoms with Gasteiger partial charge in [-0.05, 0) is 40.1 Å². The fraction of sp³-hybridized carbons (Fsp3) is 0.733. The van der Waals surface area contributed by atoms with Crippen molar-refractivity contribution in [2.24, 2.45) is 0 Å². The smallest absolute Gasteiger partial charge is 0.151 e. The number of rotatable bonds is 8. The summed E-state index contributed by atoms with van der Waals surface area (Å²) in [5.74, 6) is 0.954. The molecule has 0 spiro atoms. The molecule has 0 aliphatic carbocycles. The summed E-state index contributed by atoms with van der Waals surface area (Å²) < 4.78 is 0. The van der Waals surface area contributed by atoms with Gasteiger partial charge in [-0.1, -0.05) is 13.8 Å². The van der Waals surface area contributed by atoms with Crippen LogP contribution in [-0.2, 0) is 6.54 Å². The van der Waals surface area contributed by atoms with Crippen LogP contribution < -0.4 is 10.2 Å². The third kappa shape index (κ3) is 5.43. The minimum atomic E-state index is 0.420. The molecule has 0 fully saturated rings. The molecule has 1 atom stereocenters. The second-order valence-corrected chi connectivity index (χ2v) is 5.82. The fourth-order valence-electron chi connectivity index (χ4n) is 2.24. The van der Waals surface area contributed by atoms with E-state index < -0.39 is 0 Å². The Kier molecular flexibility index (Phi) is 6.88. The number of nitrogens with zero attached hydrogens (tertiary/aromatic N) is 4. The van der Waals surface area contributed by atoms with Crippen LogP contribution in [0.4, 0.5) is 5.82 Å². The first kappa shape index (κ1) is 16.9. The topological polar surface area (TPSA) is 44.3 Å². The lowest BCUT2D eigenvalue weighted by Crippen LogP contribution is -2.40. The molecule has 0 radical (unpaired) electrons. The van der Waals surface area contributed by atoms with Crippen LogP contribution in [0, 0.1) is 0 Å². The zero-order chi connectivity index (χ0) is 15.1. The molecular weight excluding hydrogens is 250 g/mol. The molecule has 0 saturated heterocycles. The van der Waals surface area contributed by atoms with Gasteiger partial charge in [-0.15, -0.1) is 5.10 Å². The van der Waals surface area contributed by atoms with Gasteiger partial charge in [0, 0.05) is 31.7 Å². The van der Waals surface area contributed by atoms with Crippen LogP contribution in [0.3, 0.4) is 0 Å². The molecule has 0 aliphatic heterocycles. The Bertz CT molecular complexity index is 374. The molecule has 1 heterocycles. The minimum Gasteiger partial charge on any atom is -0.351 e. The Morgan fingerprint density at radius 1 is 1.15 bits per heavy atom. The number of hydrogen-bond donors (Lipinski definition) is 1. The van der Waals surface area contributed by atoms with Crippen molar-refractivity contribution >= 4 is 5.82 Å². The van der Waals surface area contributed by atoms with Crippen molar-refractivity contribution in [1.82, 2.24) is 20.4 Å². The predicted molar refractivity (Wildman–Crippen MR) is 85.0 cm³/mol. The first-order valence-electron chi connectivity index (χ1n) is 7.41. The van der Waals surface area contributed by atoms with Gasteiger partial charge in [0.1, 0.15) is 0 Å². The molecule has 114 valence electrons. The first-order valence-corrected chi connectivity index (χ1v) is 7.41. The summed E-state index contributed by atoms with van der Waals surface area (Å²) in [6, 6.07) is 5.01. The van der Waals surface area contributed by atoms with Crippen molar-refractivity contribution in [2.45, 2.75) is 46.3 Å². The largest absolute Gasteiger partial charge is 0.351 e. The van der Waals surface area contributed by atoms with Gasteiger partial charge in [-0.2, -0.15) is 5.10 Å². The molecule has 1 aromatic heterocycles. The normalized spacial score (nSPS) is 13.0. The molecule has 1 N–H and O–H groups in total. The van der Waals surface area contributed by atoms with Crippen LogP contribution in [0.2, 0.25) is 0 Å². The second kappa shape index (κ2) is 8.17. The van der Waals surface area contributed by atoms with Crippen LogP contribution in [0.1, 0.15) is 33.4 Å². The van der Waals surface area contributed by atoms with E-state index in [4.69, 9.17) is 0 Å². The van der Waals surface area contributed by atoms with Crippen LogP contribution in [0.25, 0.3) is 0 Å². The monoisotopic (exact) mass is 279 g/mol. The van der Waals surface area contributed by atoms with E-state index in [1.807, 2.05) is 0 Å². The third-order valence-corrected chi connectivity index (χ3v) is 3.19. The number of nitrogens with one attached hydrogen (secondary N) is 1. The number of aromatic nitrogens is 2. The molecule has 5 heteroatoms. The minimum absolute atomic E-state index is 0.420. The van der Waals surface area contributed by atoms with E-state index in [9.17, 15) is 0 Å². The maximum Gasteiger partial charge on any atom is 0.151 e. The van der Waals surface area contributed by atoms with Crippen molar-refractivity contribution in [2.75, 3.05) is 32.1 Å². The van der Waals surface area contributed by atoms with Crippen LogP contribution in [-0.4, -0.2) is 54.4 Å². The average molecular weight is 279 g/mol. The lowest BCUT2D eigenvalue weighted by atomic mass is 10.2. The Labute approximate surface area is 123 Å². The Balaban J connectivity index is 2.69. The van der Waals surface area contributed by atoms with Gasteiger partial charge in [-0.3, -0.25) is 0 Å².